The van der Waals surface area contributed by atoms with E-state index in [1.165, 1.54) is 0 Å². The highest BCUT2D eigenvalue weighted by Gasteiger charge is 2.21. The third-order valence-electron chi connectivity index (χ3n) is 2.13. The lowest BCUT2D eigenvalue weighted by atomic mass is 9.99. The van der Waals surface area contributed by atoms with E-state index in [2.05, 4.69) is 5.92 Å². The Kier molecular flexibility index (Phi) is 4.24. The highest BCUT2D eigenvalue weighted by atomic mass is 32.2. The average molecular weight is 182 g/mol. The molecule has 0 amide bonds. The molecule has 0 spiro atoms. The van der Waals surface area contributed by atoms with Gasteiger partial charge in [-0.2, -0.15) is 11.8 Å². The Morgan fingerprint density at radius 1 is 1.67 bits per heavy atom. The zero-order chi connectivity index (χ0) is 8.81. The van der Waals surface area contributed by atoms with E-state index < -0.39 is 0 Å². The first-order valence-electron chi connectivity index (χ1n) is 4.38. The van der Waals surface area contributed by atoms with Gasteiger partial charge in [0.2, 0.25) is 0 Å². The Hall–Kier alpha value is -0.420. The molecule has 1 nitrogen and oxygen atoms in total. The van der Waals surface area contributed by atoms with Crippen LogP contribution in [0.1, 0.15) is 25.7 Å². The summed E-state index contributed by atoms with van der Waals surface area (Å²) < 4.78 is 0. The second kappa shape index (κ2) is 5.27. The minimum Gasteiger partial charge on any atom is -0.299 e. The number of unbranched alkanes of at least 4 members (excludes halogenated alkanes) is 1. The topological polar surface area (TPSA) is 17.1 Å². The maximum Gasteiger partial charge on any atom is 0.136 e. The van der Waals surface area contributed by atoms with E-state index in [1.807, 2.05) is 11.8 Å². The molecule has 1 saturated heterocycles. The van der Waals surface area contributed by atoms with E-state index in [0.717, 1.165) is 30.8 Å². The lowest BCUT2D eigenvalue weighted by molar-refractivity contribution is -0.122. The highest BCUT2D eigenvalue weighted by molar-refractivity contribution is 7.99. The third kappa shape index (κ3) is 2.91. The van der Waals surface area contributed by atoms with Crippen LogP contribution in [0.5, 0.6) is 0 Å². The van der Waals surface area contributed by atoms with Gasteiger partial charge in [0, 0.05) is 24.5 Å². The van der Waals surface area contributed by atoms with E-state index in [9.17, 15) is 4.79 Å². The number of hydrogen-bond acceptors (Lipinski definition) is 2. The Bertz CT molecular complexity index is 187. The first kappa shape index (κ1) is 9.67. The summed E-state index contributed by atoms with van der Waals surface area (Å²) in [4.78, 5) is 11.4. The average Bonchev–Trinajstić information content (AvgIpc) is 2.56. The van der Waals surface area contributed by atoms with E-state index in [4.69, 9.17) is 6.42 Å². The molecule has 12 heavy (non-hydrogen) atoms. The minimum absolute atomic E-state index is 0.341. The second-order valence-electron chi connectivity index (χ2n) is 3.08. The van der Waals surface area contributed by atoms with Crippen LogP contribution in [0.25, 0.3) is 0 Å². The Balaban J connectivity index is 2.15. The van der Waals surface area contributed by atoms with Crippen molar-refractivity contribution in [1.82, 2.24) is 0 Å². The van der Waals surface area contributed by atoms with Crippen LogP contribution in [0, 0.1) is 18.3 Å². The van der Waals surface area contributed by atoms with Gasteiger partial charge in [0.1, 0.15) is 5.78 Å². The van der Waals surface area contributed by atoms with Gasteiger partial charge in [-0.25, -0.2) is 0 Å². The maximum absolute atomic E-state index is 11.4. The minimum atomic E-state index is 0.341. The summed E-state index contributed by atoms with van der Waals surface area (Å²) >= 11 is 1.89. The van der Waals surface area contributed by atoms with E-state index in [-0.39, 0.29) is 0 Å². The van der Waals surface area contributed by atoms with Gasteiger partial charge in [-0.05, 0) is 18.6 Å². The smallest absolute Gasteiger partial charge is 0.136 e. The molecule has 0 aromatic rings. The number of hydrogen-bond donors (Lipinski definition) is 0. The summed E-state index contributed by atoms with van der Waals surface area (Å²) in [5, 5.41) is 0. The molecule has 0 aromatic heterocycles. The summed E-state index contributed by atoms with van der Waals surface area (Å²) in [5.41, 5.74) is 0. The van der Waals surface area contributed by atoms with Crippen LogP contribution in [0.4, 0.5) is 0 Å². The van der Waals surface area contributed by atoms with Crippen molar-refractivity contribution in [2.45, 2.75) is 25.7 Å². The van der Waals surface area contributed by atoms with Gasteiger partial charge < -0.3 is 0 Å². The van der Waals surface area contributed by atoms with Gasteiger partial charge in [-0.3, -0.25) is 4.79 Å². The molecule has 0 aliphatic carbocycles. The van der Waals surface area contributed by atoms with Gasteiger partial charge in [-0.15, -0.1) is 12.3 Å². The van der Waals surface area contributed by atoms with Gasteiger partial charge in [0.25, 0.3) is 0 Å². The summed E-state index contributed by atoms with van der Waals surface area (Å²) in [6.07, 6.45) is 8.49. The van der Waals surface area contributed by atoms with Gasteiger partial charge in [-0.1, -0.05) is 0 Å². The summed E-state index contributed by atoms with van der Waals surface area (Å²) in [6, 6.07) is 0. The molecule has 1 heterocycles. The number of thioether (sulfide) groups is 1. The van der Waals surface area contributed by atoms with Crippen molar-refractivity contribution in [2.75, 3.05) is 11.5 Å². The fourth-order valence-electron chi connectivity index (χ4n) is 1.36. The quantitative estimate of drug-likeness (QED) is 0.489. The van der Waals surface area contributed by atoms with Crippen LogP contribution in [-0.2, 0) is 4.79 Å². The van der Waals surface area contributed by atoms with E-state index in [1.54, 1.807) is 0 Å². The molecule has 1 aliphatic heterocycles. The monoisotopic (exact) mass is 182 g/mol. The fourth-order valence-corrected chi connectivity index (χ4v) is 2.61. The van der Waals surface area contributed by atoms with Gasteiger partial charge in [0.15, 0.2) is 0 Å². The Morgan fingerprint density at radius 2 is 2.50 bits per heavy atom. The van der Waals surface area contributed by atoms with Crippen molar-refractivity contribution in [1.29, 1.82) is 0 Å². The maximum atomic E-state index is 11.4. The molecule has 0 saturated carbocycles. The first-order valence-corrected chi connectivity index (χ1v) is 5.54. The van der Waals surface area contributed by atoms with E-state index in [0.29, 0.717) is 18.1 Å². The first-order chi connectivity index (χ1) is 5.84. The molecule has 2 heteroatoms. The molecule has 1 fully saturated rings. The number of ketones is 1. The largest absolute Gasteiger partial charge is 0.299 e. The molecule has 1 aliphatic rings. The standard InChI is InChI=1S/C10H14OS/c1-2-3-4-5-10(11)9-6-7-12-8-9/h1,9H,3-8H2. The molecule has 0 bridgehead atoms. The zero-order valence-electron chi connectivity index (χ0n) is 7.21. The normalized spacial score (nSPS) is 22.1. The van der Waals surface area contributed by atoms with Crippen molar-refractivity contribution >= 4 is 17.5 Å². The van der Waals surface area contributed by atoms with Crippen molar-refractivity contribution in [3.63, 3.8) is 0 Å². The van der Waals surface area contributed by atoms with Crippen LogP contribution < -0.4 is 0 Å². The fraction of sp³-hybridized carbons (Fsp3) is 0.700. The van der Waals surface area contributed by atoms with Crippen LogP contribution in [0.3, 0.4) is 0 Å². The lowest BCUT2D eigenvalue weighted by Gasteiger charge is -2.04. The zero-order valence-corrected chi connectivity index (χ0v) is 8.03. The Labute approximate surface area is 78.3 Å². The summed E-state index contributed by atoms with van der Waals surface area (Å²) in [7, 11) is 0. The SMILES string of the molecule is C#CCCCC(=O)C1CCSC1. The molecule has 66 valence electrons. The predicted octanol–water partition coefficient (Wildman–Crippen LogP) is 2.11. The van der Waals surface area contributed by atoms with Crippen molar-refractivity contribution in [3.05, 3.63) is 0 Å². The van der Waals surface area contributed by atoms with Crippen LogP contribution >= 0.6 is 11.8 Å². The van der Waals surface area contributed by atoms with Crippen molar-refractivity contribution in [3.8, 4) is 12.3 Å². The molecular formula is C10H14OS. The number of carbonyl (C=O) groups is 1. The van der Waals surface area contributed by atoms with Crippen LogP contribution in [0.15, 0.2) is 0 Å². The number of carbonyl (C=O) groups excluding carboxylic acids is 1. The molecular weight excluding hydrogens is 168 g/mol. The van der Waals surface area contributed by atoms with E-state index >= 15 is 0 Å². The molecule has 1 atom stereocenters. The van der Waals surface area contributed by atoms with Gasteiger partial charge in [0.05, 0.1) is 0 Å². The van der Waals surface area contributed by atoms with Crippen LogP contribution in [0.2, 0.25) is 0 Å². The van der Waals surface area contributed by atoms with Gasteiger partial charge >= 0.3 is 0 Å². The second-order valence-corrected chi connectivity index (χ2v) is 4.23. The number of Topliss-reactive ketones (excluding diaryl/α,β-unsaturated/α-hetero) is 1. The third-order valence-corrected chi connectivity index (χ3v) is 3.29. The lowest BCUT2D eigenvalue weighted by Crippen LogP contribution is -2.12. The predicted molar refractivity (Wildman–Crippen MR) is 53.1 cm³/mol. The van der Waals surface area contributed by atoms with Crippen molar-refractivity contribution in [2.24, 2.45) is 5.92 Å². The number of terminal acetylenes is 1. The summed E-state index contributed by atoms with van der Waals surface area (Å²) in [6.45, 7) is 0. The molecule has 1 unspecified atom stereocenters. The Morgan fingerprint density at radius 3 is 3.08 bits per heavy atom. The molecule has 0 aromatic carbocycles. The van der Waals surface area contributed by atoms with Crippen molar-refractivity contribution < 1.29 is 4.79 Å². The van der Waals surface area contributed by atoms with Crippen LogP contribution in [-0.4, -0.2) is 17.3 Å². The highest BCUT2D eigenvalue weighted by Crippen LogP contribution is 2.25. The molecule has 0 N–H and O–H groups in total. The molecule has 1 rings (SSSR count). The number of rotatable bonds is 4. The molecule has 0 radical (unpaired) electrons. The summed E-state index contributed by atoms with van der Waals surface area (Å²) in [5.74, 6) is 5.52.